The molecule has 18 heavy (non-hydrogen) atoms. The summed E-state index contributed by atoms with van der Waals surface area (Å²) < 4.78 is 0. The van der Waals surface area contributed by atoms with Crippen molar-refractivity contribution >= 4 is 11.6 Å². The molecule has 1 aromatic carbocycles. The summed E-state index contributed by atoms with van der Waals surface area (Å²) in [6.45, 7) is 1.93. The molecule has 98 valence electrons. The molecule has 0 spiro atoms. The summed E-state index contributed by atoms with van der Waals surface area (Å²) in [5, 5.41) is 9.89. The van der Waals surface area contributed by atoms with Crippen LogP contribution in [0.2, 0.25) is 0 Å². The van der Waals surface area contributed by atoms with E-state index in [1.54, 1.807) is 11.9 Å². The number of para-hydroxylation sites is 1. The molecule has 1 N–H and O–H groups in total. The van der Waals surface area contributed by atoms with E-state index in [-0.39, 0.29) is 23.8 Å². The molecule has 1 aromatic rings. The Morgan fingerprint density at radius 3 is 2.56 bits per heavy atom. The number of nitrogens with zero attached hydrogens (tertiary/aromatic N) is 1. The van der Waals surface area contributed by atoms with E-state index >= 15 is 0 Å². The van der Waals surface area contributed by atoms with Gasteiger partial charge in [-0.1, -0.05) is 31.5 Å². The molecule has 2 rings (SSSR count). The Labute approximate surface area is 108 Å². The molecule has 0 saturated heterocycles. The van der Waals surface area contributed by atoms with Crippen LogP contribution in [0.25, 0.3) is 0 Å². The quantitative estimate of drug-likeness (QED) is 0.891. The average Bonchev–Trinajstić information content (AvgIpc) is 2.83. The Morgan fingerprint density at radius 1 is 1.33 bits per heavy atom. The van der Waals surface area contributed by atoms with Crippen LogP contribution in [0.5, 0.6) is 0 Å². The second-order valence-electron chi connectivity index (χ2n) is 5.18. The third-order valence-electron chi connectivity index (χ3n) is 4.04. The number of carbonyl (C=O) groups excluding carboxylic acids is 1. The summed E-state index contributed by atoms with van der Waals surface area (Å²) in [6, 6.07) is 9.64. The number of rotatable bonds is 3. The first-order chi connectivity index (χ1) is 8.61. The predicted molar refractivity (Wildman–Crippen MR) is 72.4 cm³/mol. The minimum atomic E-state index is -0.312. The number of carbonyl (C=O) groups is 1. The summed E-state index contributed by atoms with van der Waals surface area (Å²) in [7, 11) is 1.80. The molecule has 0 bridgehead atoms. The van der Waals surface area contributed by atoms with E-state index in [0.29, 0.717) is 0 Å². The van der Waals surface area contributed by atoms with Crippen molar-refractivity contribution in [2.24, 2.45) is 11.8 Å². The highest BCUT2D eigenvalue weighted by Gasteiger charge is 2.35. The van der Waals surface area contributed by atoms with Gasteiger partial charge in [-0.05, 0) is 30.9 Å². The van der Waals surface area contributed by atoms with Gasteiger partial charge in [0.2, 0.25) is 5.91 Å². The molecule has 1 saturated carbocycles. The standard InChI is InChI=1S/C15H21NO2/c1-11(13-9-6-10-14(13)17)15(18)16(2)12-7-4-3-5-8-12/h3-5,7-8,11,13-14,17H,6,9-10H2,1-2H3/t11?,13-,14-/m0/s1. The topological polar surface area (TPSA) is 40.5 Å². The van der Waals surface area contributed by atoms with Gasteiger partial charge in [0.25, 0.3) is 0 Å². The fourth-order valence-electron chi connectivity index (χ4n) is 2.82. The van der Waals surface area contributed by atoms with Gasteiger partial charge in [0.15, 0.2) is 0 Å². The third kappa shape index (κ3) is 2.56. The van der Waals surface area contributed by atoms with E-state index < -0.39 is 0 Å². The molecule has 1 unspecified atom stereocenters. The van der Waals surface area contributed by atoms with E-state index in [0.717, 1.165) is 24.9 Å². The first kappa shape index (κ1) is 13.1. The fourth-order valence-corrected chi connectivity index (χ4v) is 2.82. The molecule has 3 nitrogen and oxygen atoms in total. The highest BCUT2D eigenvalue weighted by atomic mass is 16.3. The maximum absolute atomic E-state index is 12.4. The highest BCUT2D eigenvalue weighted by molar-refractivity contribution is 5.94. The van der Waals surface area contributed by atoms with Crippen LogP contribution in [0, 0.1) is 11.8 Å². The van der Waals surface area contributed by atoms with Crippen LogP contribution >= 0.6 is 0 Å². The zero-order valence-corrected chi connectivity index (χ0v) is 11.0. The van der Waals surface area contributed by atoms with E-state index in [1.807, 2.05) is 37.3 Å². The molecule has 3 heteroatoms. The van der Waals surface area contributed by atoms with E-state index in [2.05, 4.69) is 0 Å². The number of aliphatic hydroxyl groups is 1. The lowest BCUT2D eigenvalue weighted by atomic mass is 9.89. The molecule has 1 fully saturated rings. The molecular weight excluding hydrogens is 226 g/mol. The van der Waals surface area contributed by atoms with Crippen molar-refractivity contribution in [1.82, 2.24) is 0 Å². The molecule has 1 aliphatic rings. The first-order valence-corrected chi connectivity index (χ1v) is 6.62. The van der Waals surface area contributed by atoms with Crippen LogP contribution in [0.3, 0.4) is 0 Å². The number of benzene rings is 1. The largest absolute Gasteiger partial charge is 0.393 e. The summed E-state index contributed by atoms with van der Waals surface area (Å²) >= 11 is 0. The van der Waals surface area contributed by atoms with Crippen LogP contribution < -0.4 is 4.90 Å². The van der Waals surface area contributed by atoms with Crippen LogP contribution in [-0.4, -0.2) is 24.2 Å². The van der Waals surface area contributed by atoms with Crippen molar-refractivity contribution in [3.63, 3.8) is 0 Å². The Kier molecular flexibility index (Phi) is 4.02. The lowest BCUT2D eigenvalue weighted by Crippen LogP contribution is -2.37. The number of hydrogen-bond donors (Lipinski definition) is 1. The van der Waals surface area contributed by atoms with Crippen molar-refractivity contribution < 1.29 is 9.90 Å². The van der Waals surface area contributed by atoms with Crippen LogP contribution in [0.15, 0.2) is 30.3 Å². The summed E-state index contributed by atoms with van der Waals surface area (Å²) in [6.07, 6.45) is 2.50. The van der Waals surface area contributed by atoms with Crippen LogP contribution in [0.1, 0.15) is 26.2 Å². The van der Waals surface area contributed by atoms with E-state index in [1.165, 1.54) is 0 Å². The lowest BCUT2D eigenvalue weighted by Gasteiger charge is -2.26. The van der Waals surface area contributed by atoms with Crippen molar-refractivity contribution in [2.75, 3.05) is 11.9 Å². The summed E-state index contributed by atoms with van der Waals surface area (Å²) in [4.78, 5) is 14.1. The van der Waals surface area contributed by atoms with E-state index in [9.17, 15) is 9.90 Å². The van der Waals surface area contributed by atoms with Crippen molar-refractivity contribution in [1.29, 1.82) is 0 Å². The number of amides is 1. The average molecular weight is 247 g/mol. The van der Waals surface area contributed by atoms with Gasteiger partial charge in [0, 0.05) is 18.7 Å². The molecule has 0 heterocycles. The Bertz CT molecular complexity index is 404. The Morgan fingerprint density at radius 2 is 2.00 bits per heavy atom. The number of aliphatic hydroxyl groups excluding tert-OH is 1. The molecule has 3 atom stereocenters. The Hall–Kier alpha value is -1.35. The van der Waals surface area contributed by atoms with Crippen molar-refractivity contribution in [3.8, 4) is 0 Å². The Balaban J connectivity index is 2.07. The fraction of sp³-hybridized carbons (Fsp3) is 0.533. The number of hydrogen-bond acceptors (Lipinski definition) is 2. The lowest BCUT2D eigenvalue weighted by molar-refractivity contribution is -0.124. The third-order valence-corrected chi connectivity index (χ3v) is 4.04. The van der Waals surface area contributed by atoms with E-state index in [4.69, 9.17) is 0 Å². The number of anilines is 1. The minimum Gasteiger partial charge on any atom is -0.393 e. The molecule has 0 aromatic heterocycles. The molecule has 0 radical (unpaired) electrons. The predicted octanol–water partition coefficient (Wildman–Crippen LogP) is 2.45. The smallest absolute Gasteiger partial charge is 0.229 e. The molecule has 0 aliphatic heterocycles. The van der Waals surface area contributed by atoms with Crippen molar-refractivity contribution in [3.05, 3.63) is 30.3 Å². The second kappa shape index (κ2) is 5.53. The van der Waals surface area contributed by atoms with Crippen LogP contribution in [0.4, 0.5) is 5.69 Å². The second-order valence-corrected chi connectivity index (χ2v) is 5.18. The van der Waals surface area contributed by atoms with Gasteiger partial charge in [0.05, 0.1) is 6.10 Å². The highest BCUT2D eigenvalue weighted by Crippen LogP contribution is 2.33. The van der Waals surface area contributed by atoms with Gasteiger partial charge >= 0.3 is 0 Å². The van der Waals surface area contributed by atoms with Gasteiger partial charge in [-0.25, -0.2) is 0 Å². The van der Waals surface area contributed by atoms with Crippen molar-refractivity contribution in [2.45, 2.75) is 32.3 Å². The minimum absolute atomic E-state index is 0.0900. The first-order valence-electron chi connectivity index (χ1n) is 6.62. The zero-order chi connectivity index (χ0) is 13.1. The summed E-state index contributed by atoms with van der Waals surface area (Å²) in [5.41, 5.74) is 0.904. The van der Waals surface area contributed by atoms with Gasteiger partial charge < -0.3 is 10.0 Å². The normalized spacial score (nSPS) is 24.8. The zero-order valence-electron chi connectivity index (χ0n) is 11.0. The van der Waals surface area contributed by atoms with Gasteiger partial charge in [0.1, 0.15) is 0 Å². The maximum atomic E-state index is 12.4. The van der Waals surface area contributed by atoms with Gasteiger partial charge in [-0.2, -0.15) is 0 Å². The molecule has 1 aliphatic carbocycles. The summed E-state index contributed by atoms with van der Waals surface area (Å²) in [5.74, 6) is 0.0866. The van der Waals surface area contributed by atoms with Gasteiger partial charge in [-0.15, -0.1) is 0 Å². The molecule has 1 amide bonds. The maximum Gasteiger partial charge on any atom is 0.229 e. The monoisotopic (exact) mass is 247 g/mol. The SMILES string of the molecule is CC(C(=O)N(C)c1ccccc1)[C@@H]1CCC[C@@H]1O. The van der Waals surface area contributed by atoms with Gasteiger partial charge in [-0.3, -0.25) is 4.79 Å². The van der Waals surface area contributed by atoms with Crippen LogP contribution in [-0.2, 0) is 4.79 Å². The molecular formula is C15H21NO2.